The summed E-state index contributed by atoms with van der Waals surface area (Å²) in [4.78, 5) is 45.7. The number of amides is 1. The van der Waals surface area contributed by atoms with E-state index in [0.717, 1.165) is 4.90 Å². The third-order valence-corrected chi connectivity index (χ3v) is 3.72. The molecule has 0 saturated heterocycles. The Labute approximate surface area is 173 Å². The lowest BCUT2D eigenvalue weighted by Crippen LogP contribution is -2.47. The van der Waals surface area contributed by atoms with E-state index in [0.29, 0.717) is 6.61 Å². The Bertz CT molecular complexity index is 542. The van der Waals surface area contributed by atoms with Crippen LogP contribution in [0.15, 0.2) is 0 Å². The molecule has 1 amide bonds. The predicted octanol–water partition coefficient (Wildman–Crippen LogP) is -2.42. The summed E-state index contributed by atoms with van der Waals surface area (Å²) in [7, 11) is 0. The molecule has 3 atom stereocenters. The van der Waals surface area contributed by atoms with Gasteiger partial charge in [0.1, 0.15) is 12.1 Å². The molecule has 6 N–H and O–H groups in total. The highest BCUT2D eigenvalue weighted by Gasteiger charge is 2.29. The molecule has 0 aromatic heterocycles. The van der Waals surface area contributed by atoms with Crippen molar-refractivity contribution < 1.29 is 54.2 Å². The number of nitrogens with one attached hydrogen (secondary N) is 1. The highest BCUT2D eigenvalue weighted by Crippen LogP contribution is 2.08. The molecule has 13 nitrogen and oxygen atoms in total. The molecule has 0 aromatic rings. The Kier molecular flexibility index (Phi) is 14.3. The Balaban J connectivity index is 4.38. The van der Waals surface area contributed by atoms with Crippen molar-refractivity contribution in [3.05, 3.63) is 0 Å². The third kappa shape index (κ3) is 13.8. The Morgan fingerprint density at radius 3 is 1.93 bits per heavy atom. The van der Waals surface area contributed by atoms with E-state index in [2.05, 4.69) is 5.32 Å². The fraction of sp³-hybridized carbons (Fsp3) is 0.765. The lowest BCUT2D eigenvalue weighted by Gasteiger charge is -2.25. The van der Waals surface area contributed by atoms with Crippen molar-refractivity contribution in [1.29, 1.82) is 0 Å². The van der Waals surface area contributed by atoms with Crippen LogP contribution in [0.25, 0.3) is 0 Å². The topological polar surface area (TPSA) is 203 Å². The van der Waals surface area contributed by atoms with Crippen LogP contribution in [0.4, 0.5) is 0 Å². The number of carboxylic acids is 3. The summed E-state index contributed by atoms with van der Waals surface area (Å²) in [6, 6.07) is -1.48. The zero-order valence-corrected chi connectivity index (χ0v) is 16.7. The van der Waals surface area contributed by atoms with E-state index in [4.69, 9.17) is 19.7 Å². The van der Waals surface area contributed by atoms with Crippen molar-refractivity contribution >= 4 is 23.8 Å². The highest BCUT2D eigenvalue weighted by atomic mass is 16.5. The number of nitrogens with zero attached hydrogens (tertiary/aromatic N) is 1. The molecular formula is C17H30N2O11. The van der Waals surface area contributed by atoms with E-state index in [-0.39, 0.29) is 39.2 Å². The van der Waals surface area contributed by atoms with Gasteiger partial charge in [-0.2, -0.15) is 0 Å². The van der Waals surface area contributed by atoms with Crippen LogP contribution in [-0.4, -0.2) is 119 Å². The molecule has 13 heteroatoms. The first-order valence-corrected chi connectivity index (χ1v) is 9.25. The number of rotatable bonds is 18. The van der Waals surface area contributed by atoms with Crippen LogP contribution in [0.5, 0.6) is 0 Å². The molecule has 174 valence electrons. The molecule has 0 aromatic carbocycles. The molecule has 30 heavy (non-hydrogen) atoms. The second-order valence-electron chi connectivity index (χ2n) is 6.39. The van der Waals surface area contributed by atoms with Crippen molar-refractivity contribution in [3.8, 4) is 0 Å². The van der Waals surface area contributed by atoms with Gasteiger partial charge in [0.25, 0.3) is 0 Å². The largest absolute Gasteiger partial charge is 0.480 e. The van der Waals surface area contributed by atoms with Gasteiger partial charge in [0.15, 0.2) is 0 Å². The zero-order valence-electron chi connectivity index (χ0n) is 16.7. The smallest absolute Gasteiger partial charge is 0.320 e. The lowest BCUT2D eigenvalue weighted by atomic mass is 10.1. The number of aliphatic hydroxyl groups is 2. The van der Waals surface area contributed by atoms with Crippen molar-refractivity contribution in [2.45, 2.75) is 38.0 Å². The standard InChI is InChI=1S/C17H30N2O11/c1-2-29-9-12(21)10-30-8-11(20)5-18-14(22)4-3-13(17(27)28)19(6-15(23)24)7-16(25)26/h11-13,20-21H,2-10H2,1H3,(H,18,22)(H,23,24)(H,25,26)(H,27,28). The maximum Gasteiger partial charge on any atom is 0.320 e. The Hall–Kier alpha value is -2.32. The summed E-state index contributed by atoms with van der Waals surface area (Å²) in [5, 5.41) is 48.5. The molecule has 0 bridgehead atoms. The van der Waals surface area contributed by atoms with Gasteiger partial charge in [0.2, 0.25) is 5.91 Å². The number of hydrogen-bond donors (Lipinski definition) is 6. The van der Waals surface area contributed by atoms with E-state index in [1.54, 1.807) is 6.92 Å². The molecule has 0 heterocycles. The van der Waals surface area contributed by atoms with E-state index in [1.165, 1.54) is 0 Å². The molecular weight excluding hydrogens is 408 g/mol. The molecule has 0 aliphatic rings. The molecule has 0 spiro atoms. The van der Waals surface area contributed by atoms with Crippen molar-refractivity contribution in [1.82, 2.24) is 10.2 Å². The summed E-state index contributed by atoms with van der Waals surface area (Å²) in [6.07, 6.45) is -2.57. The number of carbonyl (C=O) groups is 4. The van der Waals surface area contributed by atoms with Crippen LogP contribution in [0.3, 0.4) is 0 Å². The fourth-order valence-electron chi connectivity index (χ4n) is 2.37. The van der Waals surface area contributed by atoms with Crippen LogP contribution < -0.4 is 5.32 Å². The van der Waals surface area contributed by atoms with E-state index in [1.807, 2.05) is 0 Å². The molecule has 3 unspecified atom stereocenters. The number of carbonyl (C=O) groups excluding carboxylic acids is 1. The van der Waals surface area contributed by atoms with Crippen LogP contribution >= 0.6 is 0 Å². The monoisotopic (exact) mass is 438 g/mol. The van der Waals surface area contributed by atoms with Crippen molar-refractivity contribution in [3.63, 3.8) is 0 Å². The van der Waals surface area contributed by atoms with Crippen molar-refractivity contribution in [2.24, 2.45) is 0 Å². The van der Waals surface area contributed by atoms with Crippen LogP contribution in [-0.2, 0) is 28.7 Å². The second kappa shape index (κ2) is 15.5. The molecule has 0 saturated carbocycles. The van der Waals surface area contributed by atoms with Crippen LogP contribution in [0, 0.1) is 0 Å². The number of aliphatic carboxylic acids is 3. The SMILES string of the molecule is CCOCC(O)COCC(O)CNC(=O)CCC(C(=O)O)N(CC(=O)O)CC(=O)O. The van der Waals surface area contributed by atoms with E-state index in [9.17, 15) is 34.5 Å². The molecule has 0 aliphatic carbocycles. The first kappa shape index (κ1) is 27.7. The summed E-state index contributed by atoms with van der Waals surface area (Å²) in [6.45, 7) is 0.279. The van der Waals surface area contributed by atoms with Gasteiger partial charge in [0.05, 0.1) is 39.0 Å². The molecule has 0 radical (unpaired) electrons. The summed E-state index contributed by atoms with van der Waals surface area (Å²) >= 11 is 0. The summed E-state index contributed by atoms with van der Waals surface area (Å²) in [5.74, 6) is -4.87. The summed E-state index contributed by atoms with van der Waals surface area (Å²) < 4.78 is 10.1. The number of ether oxygens (including phenoxy) is 2. The van der Waals surface area contributed by atoms with Gasteiger partial charge < -0.3 is 40.3 Å². The maximum atomic E-state index is 11.9. The van der Waals surface area contributed by atoms with Crippen LogP contribution in [0.1, 0.15) is 19.8 Å². The second-order valence-corrected chi connectivity index (χ2v) is 6.39. The minimum atomic E-state index is -1.48. The van der Waals surface area contributed by atoms with E-state index < -0.39 is 55.2 Å². The van der Waals surface area contributed by atoms with Gasteiger partial charge in [-0.1, -0.05) is 0 Å². The fourth-order valence-corrected chi connectivity index (χ4v) is 2.37. The van der Waals surface area contributed by atoms with Gasteiger partial charge in [-0.15, -0.1) is 0 Å². The van der Waals surface area contributed by atoms with Gasteiger partial charge in [0, 0.05) is 19.6 Å². The number of aliphatic hydroxyl groups excluding tert-OH is 2. The predicted molar refractivity (Wildman–Crippen MR) is 99.8 cm³/mol. The minimum absolute atomic E-state index is 0.0612. The lowest BCUT2D eigenvalue weighted by molar-refractivity contribution is -0.149. The first-order valence-electron chi connectivity index (χ1n) is 9.25. The zero-order chi connectivity index (χ0) is 23.1. The average molecular weight is 438 g/mol. The first-order chi connectivity index (χ1) is 14.1. The molecule has 0 rings (SSSR count). The third-order valence-electron chi connectivity index (χ3n) is 3.72. The van der Waals surface area contributed by atoms with Gasteiger partial charge in [-0.3, -0.25) is 24.1 Å². The Morgan fingerprint density at radius 1 is 0.900 bits per heavy atom. The number of hydrogen-bond acceptors (Lipinski definition) is 9. The molecule has 0 aliphatic heterocycles. The summed E-state index contributed by atoms with van der Waals surface area (Å²) in [5.41, 5.74) is 0. The Morgan fingerprint density at radius 2 is 1.43 bits per heavy atom. The normalized spacial score (nSPS) is 14.1. The highest BCUT2D eigenvalue weighted by molar-refractivity contribution is 5.80. The van der Waals surface area contributed by atoms with Crippen molar-refractivity contribution in [2.75, 3.05) is 46.1 Å². The quantitative estimate of drug-likeness (QED) is 0.132. The molecule has 0 fully saturated rings. The number of carboxylic acid groups (broad SMARTS) is 3. The van der Waals surface area contributed by atoms with Gasteiger partial charge in [-0.25, -0.2) is 0 Å². The minimum Gasteiger partial charge on any atom is -0.480 e. The van der Waals surface area contributed by atoms with E-state index >= 15 is 0 Å². The van der Waals surface area contributed by atoms with Crippen LogP contribution in [0.2, 0.25) is 0 Å². The maximum absolute atomic E-state index is 11.9. The average Bonchev–Trinajstić information content (AvgIpc) is 2.63. The van der Waals surface area contributed by atoms with Gasteiger partial charge in [-0.05, 0) is 13.3 Å². The van der Waals surface area contributed by atoms with Gasteiger partial charge >= 0.3 is 17.9 Å².